The van der Waals surface area contributed by atoms with Crippen molar-refractivity contribution < 1.29 is 4.79 Å². The highest BCUT2D eigenvalue weighted by molar-refractivity contribution is 5.94. The molecule has 0 unspecified atom stereocenters. The SMILES string of the molecule is CC(=O)c1ccc(C=N)cc1. The molecule has 0 radical (unpaired) electrons. The minimum Gasteiger partial charge on any atom is -0.308 e. The number of nitrogens with one attached hydrogen (secondary N) is 1. The van der Waals surface area contributed by atoms with E-state index < -0.39 is 0 Å². The molecule has 0 amide bonds. The van der Waals surface area contributed by atoms with Crippen molar-refractivity contribution in [3.8, 4) is 0 Å². The Hall–Kier alpha value is -1.44. The molecule has 0 aliphatic carbocycles. The number of carbonyl (C=O) groups is 1. The molecule has 1 aromatic carbocycles. The smallest absolute Gasteiger partial charge is 0.159 e. The predicted octanol–water partition coefficient (Wildman–Crippen LogP) is 1.89. The van der Waals surface area contributed by atoms with Gasteiger partial charge >= 0.3 is 0 Å². The van der Waals surface area contributed by atoms with Crippen LogP contribution < -0.4 is 0 Å². The molecule has 0 aliphatic rings. The van der Waals surface area contributed by atoms with Gasteiger partial charge in [-0.1, -0.05) is 24.3 Å². The molecule has 11 heavy (non-hydrogen) atoms. The first-order chi connectivity index (χ1) is 5.24. The molecular weight excluding hydrogens is 138 g/mol. The largest absolute Gasteiger partial charge is 0.308 e. The average Bonchev–Trinajstić information content (AvgIpc) is 2.05. The van der Waals surface area contributed by atoms with Crippen LogP contribution in [0.15, 0.2) is 24.3 Å². The fraction of sp³-hybridized carbons (Fsp3) is 0.111. The molecule has 0 saturated heterocycles. The zero-order valence-electron chi connectivity index (χ0n) is 6.29. The van der Waals surface area contributed by atoms with Gasteiger partial charge < -0.3 is 5.41 Å². The summed E-state index contributed by atoms with van der Waals surface area (Å²) in [5, 5.41) is 6.91. The topological polar surface area (TPSA) is 40.9 Å². The molecule has 0 bridgehead atoms. The van der Waals surface area contributed by atoms with E-state index in [9.17, 15) is 4.79 Å². The Kier molecular flexibility index (Phi) is 2.16. The van der Waals surface area contributed by atoms with Crippen LogP contribution in [0.1, 0.15) is 22.8 Å². The fourth-order valence-corrected chi connectivity index (χ4v) is 0.814. The number of benzene rings is 1. The van der Waals surface area contributed by atoms with E-state index in [1.54, 1.807) is 24.3 Å². The van der Waals surface area contributed by atoms with E-state index in [1.807, 2.05) is 0 Å². The van der Waals surface area contributed by atoms with Crippen LogP contribution in [0.2, 0.25) is 0 Å². The third-order valence-corrected chi connectivity index (χ3v) is 1.48. The van der Waals surface area contributed by atoms with Crippen molar-refractivity contribution in [1.29, 1.82) is 5.41 Å². The number of Topliss-reactive ketones (excluding diaryl/α,β-unsaturated/α-hetero) is 1. The number of rotatable bonds is 2. The van der Waals surface area contributed by atoms with Crippen molar-refractivity contribution in [3.63, 3.8) is 0 Å². The van der Waals surface area contributed by atoms with Crippen LogP contribution in [0.4, 0.5) is 0 Å². The Morgan fingerprint density at radius 2 is 1.91 bits per heavy atom. The first-order valence-electron chi connectivity index (χ1n) is 3.35. The first-order valence-corrected chi connectivity index (χ1v) is 3.35. The number of carbonyl (C=O) groups excluding carboxylic acids is 1. The maximum absolute atomic E-state index is 10.8. The third kappa shape index (κ3) is 1.74. The standard InChI is InChI=1S/C9H9NO/c1-7(11)9-4-2-8(6-10)3-5-9/h2-6,10H,1H3. The van der Waals surface area contributed by atoms with E-state index >= 15 is 0 Å². The van der Waals surface area contributed by atoms with Crippen LogP contribution >= 0.6 is 0 Å². The zero-order valence-corrected chi connectivity index (χ0v) is 6.29. The molecule has 0 saturated carbocycles. The van der Waals surface area contributed by atoms with Crippen LogP contribution in [-0.2, 0) is 0 Å². The van der Waals surface area contributed by atoms with Crippen molar-refractivity contribution in [2.45, 2.75) is 6.92 Å². The maximum Gasteiger partial charge on any atom is 0.159 e. The van der Waals surface area contributed by atoms with E-state index in [2.05, 4.69) is 0 Å². The predicted molar refractivity (Wildman–Crippen MR) is 44.3 cm³/mol. The maximum atomic E-state index is 10.8. The lowest BCUT2D eigenvalue weighted by molar-refractivity contribution is 0.101. The molecule has 1 rings (SSSR count). The van der Waals surface area contributed by atoms with Crippen molar-refractivity contribution in [3.05, 3.63) is 35.4 Å². The molecule has 0 fully saturated rings. The summed E-state index contributed by atoms with van der Waals surface area (Å²) in [7, 11) is 0. The normalized spacial score (nSPS) is 9.18. The van der Waals surface area contributed by atoms with Gasteiger partial charge in [-0.2, -0.15) is 0 Å². The summed E-state index contributed by atoms with van der Waals surface area (Å²) in [4.78, 5) is 10.8. The Labute approximate surface area is 65.4 Å². The number of hydrogen-bond donors (Lipinski definition) is 1. The molecule has 1 aromatic rings. The highest BCUT2D eigenvalue weighted by Gasteiger charge is 1.96. The summed E-state index contributed by atoms with van der Waals surface area (Å²) >= 11 is 0. The molecule has 0 aromatic heterocycles. The Morgan fingerprint density at radius 3 is 2.27 bits per heavy atom. The summed E-state index contributed by atoms with van der Waals surface area (Å²) < 4.78 is 0. The minimum absolute atomic E-state index is 0.0570. The lowest BCUT2D eigenvalue weighted by Gasteiger charge is -1.94. The molecule has 1 N–H and O–H groups in total. The van der Waals surface area contributed by atoms with E-state index in [0.717, 1.165) is 5.56 Å². The molecule has 56 valence electrons. The van der Waals surface area contributed by atoms with Crippen molar-refractivity contribution in [2.24, 2.45) is 0 Å². The third-order valence-electron chi connectivity index (χ3n) is 1.48. The van der Waals surface area contributed by atoms with Crippen LogP contribution in [0.25, 0.3) is 0 Å². The summed E-state index contributed by atoms with van der Waals surface area (Å²) in [5.41, 5.74) is 1.51. The Bertz CT molecular complexity index is 274. The molecule has 0 atom stereocenters. The summed E-state index contributed by atoms with van der Waals surface area (Å²) in [5.74, 6) is 0.0570. The number of ketones is 1. The van der Waals surface area contributed by atoms with Gasteiger partial charge in [0.15, 0.2) is 5.78 Å². The molecule has 0 aliphatic heterocycles. The highest BCUT2D eigenvalue weighted by Crippen LogP contribution is 2.02. The second-order valence-electron chi connectivity index (χ2n) is 2.32. The van der Waals surface area contributed by atoms with Crippen LogP contribution in [-0.4, -0.2) is 12.0 Å². The summed E-state index contributed by atoms with van der Waals surface area (Å²) in [6.07, 6.45) is 1.25. The van der Waals surface area contributed by atoms with Gasteiger partial charge in [0.1, 0.15) is 0 Å². The van der Waals surface area contributed by atoms with Gasteiger partial charge in [-0.25, -0.2) is 0 Å². The van der Waals surface area contributed by atoms with Gasteiger partial charge in [-0.3, -0.25) is 4.79 Å². The zero-order chi connectivity index (χ0) is 8.27. The lowest BCUT2D eigenvalue weighted by atomic mass is 10.1. The Morgan fingerprint density at radius 1 is 1.36 bits per heavy atom. The van der Waals surface area contributed by atoms with E-state index in [-0.39, 0.29) is 5.78 Å². The van der Waals surface area contributed by atoms with Crippen molar-refractivity contribution in [1.82, 2.24) is 0 Å². The molecule has 0 heterocycles. The number of hydrogen-bond acceptors (Lipinski definition) is 2. The molecule has 0 spiro atoms. The quantitative estimate of drug-likeness (QED) is 0.503. The summed E-state index contributed by atoms with van der Waals surface area (Å²) in [6, 6.07) is 6.96. The minimum atomic E-state index is 0.0570. The van der Waals surface area contributed by atoms with Crippen molar-refractivity contribution in [2.75, 3.05) is 0 Å². The van der Waals surface area contributed by atoms with Gasteiger partial charge in [0, 0.05) is 11.8 Å². The molecule has 2 heteroatoms. The van der Waals surface area contributed by atoms with Crippen LogP contribution in [0, 0.1) is 5.41 Å². The van der Waals surface area contributed by atoms with E-state index in [1.165, 1.54) is 13.1 Å². The first kappa shape index (κ1) is 7.66. The monoisotopic (exact) mass is 147 g/mol. The lowest BCUT2D eigenvalue weighted by Crippen LogP contribution is -1.91. The van der Waals surface area contributed by atoms with Gasteiger partial charge in [0.25, 0.3) is 0 Å². The second kappa shape index (κ2) is 3.10. The van der Waals surface area contributed by atoms with Gasteiger partial charge in [-0.15, -0.1) is 0 Å². The van der Waals surface area contributed by atoms with E-state index in [4.69, 9.17) is 5.41 Å². The van der Waals surface area contributed by atoms with Gasteiger partial charge in [0.2, 0.25) is 0 Å². The summed E-state index contributed by atoms with van der Waals surface area (Å²) in [6.45, 7) is 1.53. The van der Waals surface area contributed by atoms with Crippen molar-refractivity contribution >= 4 is 12.0 Å². The van der Waals surface area contributed by atoms with Crippen LogP contribution in [0.5, 0.6) is 0 Å². The van der Waals surface area contributed by atoms with Crippen LogP contribution in [0.3, 0.4) is 0 Å². The highest BCUT2D eigenvalue weighted by atomic mass is 16.1. The molecule has 2 nitrogen and oxygen atoms in total. The fourth-order valence-electron chi connectivity index (χ4n) is 0.814. The van der Waals surface area contributed by atoms with Gasteiger partial charge in [0.05, 0.1) is 0 Å². The average molecular weight is 147 g/mol. The Balaban J connectivity index is 3.00. The van der Waals surface area contributed by atoms with E-state index in [0.29, 0.717) is 5.56 Å². The molecular formula is C9H9NO. The van der Waals surface area contributed by atoms with Gasteiger partial charge in [-0.05, 0) is 12.5 Å². The second-order valence-corrected chi connectivity index (χ2v) is 2.32.